The van der Waals surface area contributed by atoms with Crippen molar-refractivity contribution in [1.82, 2.24) is 0 Å². The van der Waals surface area contributed by atoms with Crippen LogP contribution >= 0.6 is 0 Å². The van der Waals surface area contributed by atoms with Crippen LogP contribution in [0.1, 0.15) is 40.0 Å². The van der Waals surface area contributed by atoms with E-state index in [4.69, 9.17) is 4.74 Å². The topological polar surface area (TPSA) is 94.6 Å². The Morgan fingerprint density at radius 2 is 1.48 bits per heavy atom. The van der Waals surface area contributed by atoms with E-state index in [0.29, 0.717) is 0 Å². The van der Waals surface area contributed by atoms with Crippen molar-refractivity contribution in [1.29, 1.82) is 0 Å². The van der Waals surface area contributed by atoms with E-state index in [-0.39, 0.29) is 18.4 Å². The van der Waals surface area contributed by atoms with Crippen molar-refractivity contribution in [3.63, 3.8) is 0 Å². The van der Waals surface area contributed by atoms with Gasteiger partial charge in [0.2, 0.25) is 5.78 Å². The molecule has 0 saturated carbocycles. The van der Waals surface area contributed by atoms with Crippen LogP contribution in [0, 0.1) is 5.92 Å². The van der Waals surface area contributed by atoms with Crippen molar-refractivity contribution >= 4 is 29.1 Å². The van der Waals surface area contributed by atoms with E-state index in [0.717, 1.165) is 0 Å². The van der Waals surface area contributed by atoms with Gasteiger partial charge >= 0.3 is 5.97 Å². The molecule has 0 heterocycles. The minimum atomic E-state index is -1.12. The van der Waals surface area contributed by atoms with Gasteiger partial charge in [0.25, 0.3) is 0 Å². The fraction of sp³-hybridized carbons (Fsp3) is 0.533. The summed E-state index contributed by atoms with van der Waals surface area (Å²) in [4.78, 5) is 57.5. The lowest BCUT2D eigenvalue weighted by Gasteiger charge is -2.14. The van der Waals surface area contributed by atoms with Gasteiger partial charge in [0, 0.05) is 24.8 Å². The maximum absolute atomic E-state index is 11.9. The van der Waals surface area contributed by atoms with E-state index >= 15 is 0 Å². The molecule has 0 aromatic rings. The fourth-order valence-corrected chi connectivity index (χ4v) is 1.46. The van der Waals surface area contributed by atoms with Gasteiger partial charge in [-0.2, -0.15) is 0 Å². The average Bonchev–Trinajstić information content (AvgIpc) is 2.47. The Hall–Kier alpha value is -2.11. The Morgan fingerprint density at radius 3 is 1.90 bits per heavy atom. The zero-order chi connectivity index (χ0) is 16.6. The Bertz CT molecular complexity index is 475. The van der Waals surface area contributed by atoms with Crippen LogP contribution in [0.4, 0.5) is 0 Å². The quantitative estimate of drug-likeness (QED) is 0.341. The molecular weight excluding hydrogens is 276 g/mol. The van der Waals surface area contributed by atoms with Crippen LogP contribution in [0.5, 0.6) is 0 Å². The number of hydrogen-bond donors (Lipinski definition) is 0. The molecule has 6 nitrogen and oxygen atoms in total. The lowest BCUT2D eigenvalue weighted by atomic mass is 9.93. The highest BCUT2D eigenvalue weighted by Gasteiger charge is 2.29. The van der Waals surface area contributed by atoms with Crippen LogP contribution in [-0.2, 0) is 28.7 Å². The molecule has 0 bridgehead atoms. The molecule has 1 unspecified atom stereocenters. The van der Waals surface area contributed by atoms with Crippen molar-refractivity contribution < 1.29 is 28.7 Å². The molecule has 0 amide bonds. The van der Waals surface area contributed by atoms with Gasteiger partial charge in [-0.25, -0.2) is 4.79 Å². The number of carbonyl (C=O) groups is 5. The first-order valence-corrected chi connectivity index (χ1v) is 6.70. The highest BCUT2D eigenvalue weighted by Crippen LogP contribution is 2.11. The molecule has 0 N–H and O–H groups in total. The molecule has 0 radical (unpaired) electrons. The van der Waals surface area contributed by atoms with Gasteiger partial charge < -0.3 is 4.74 Å². The number of rotatable bonds is 10. The molecule has 6 heteroatoms. The number of carbonyl (C=O) groups excluding carboxylic acids is 5. The van der Waals surface area contributed by atoms with Crippen molar-refractivity contribution in [2.45, 2.75) is 40.0 Å². The zero-order valence-corrected chi connectivity index (χ0v) is 12.6. The van der Waals surface area contributed by atoms with Gasteiger partial charge in [-0.3, -0.25) is 19.2 Å². The summed E-state index contributed by atoms with van der Waals surface area (Å²) in [7, 11) is 0. The minimum absolute atomic E-state index is 0.0142. The molecular formula is C15H20O6. The molecule has 116 valence electrons. The van der Waals surface area contributed by atoms with E-state index in [1.54, 1.807) is 0 Å². The van der Waals surface area contributed by atoms with Crippen molar-refractivity contribution in [3.05, 3.63) is 12.2 Å². The molecule has 0 rings (SSSR count). The highest BCUT2D eigenvalue weighted by molar-refractivity contribution is 6.41. The van der Waals surface area contributed by atoms with Crippen LogP contribution < -0.4 is 0 Å². The van der Waals surface area contributed by atoms with E-state index in [1.165, 1.54) is 20.8 Å². The van der Waals surface area contributed by atoms with Gasteiger partial charge in [0.15, 0.2) is 17.3 Å². The highest BCUT2D eigenvalue weighted by atomic mass is 16.5. The predicted octanol–water partition coefficient (Wildman–Crippen LogP) is 1.21. The third-order valence-corrected chi connectivity index (χ3v) is 2.79. The van der Waals surface area contributed by atoms with Crippen molar-refractivity contribution in [2.75, 3.05) is 6.61 Å². The van der Waals surface area contributed by atoms with E-state index < -0.39 is 48.0 Å². The third-order valence-electron chi connectivity index (χ3n) is 2.79. The van der Waals surface area contributed by atoms with Crippen LogP contribution in [0.15, 0.2) is 12.2 Å². The SMILES string of the molecule is C=C(C)C(=O)OCC(CC(=O)C(=O)CC)C(=O)C(=O)CC. The second-order valence-corrected chi connectivity index (χ2v) is 4.62. The summed E-state index contributed by atoms with van der Waals surface area (Å²) >= 11 is 0. The Labute approximate surface area is 123 Å². The molecule has 0 aliphatic carbocycles. The Balaban J connectivity index is 4.93. The summed E-state index contributed by atoms with van der Waals surface area (Å²) in [6, 6.07) is 0. The lowest BCUT2D eigenvalue weighted by Crippen LogP contribution is -2.32. The average molecular weight is 296 g/mol. The molecule has 21 heavy (non-hydrogen) atoms. The molecule has 0 aliphatic rings. The van der Waals surface area contributed by atoms with Gasteiger partial charge in [0.1, 0.15) is 6.61 Å². The number of hydrogen-bond acceptors (Lipinski definition) is 6. The lowest BCUT2D eigenvalue weighted by molar-refractivity contribution is -0.147. The first kappa shape index (κ1) is 18.9. The summed E-state index contributed by atoms with van der Waals surface area (Å²) in [5.41, 5.74) is 0.138. The van der Waals surface area contributed by atoms with E-state index in [2.05, 4.69) is 6.58 Å². The van der Waals surface area contributed by atoms with Crippen molar-refractivity contribution in [3.8, 4) is 0 Å². The normalized spacial score (nSPS) is 11.4. The first-order valence-electron chi connectivity index (χ1n) is 6.70. The standard InChI is InChI=1S/C15H20O6/c1-5-11(16)13(18)7-10(14(19)12(17)6-2)8-21-15(20)9(3)4/h10H,3,5-8H2,1-2,4H3. The van der Waals surface area contributed by atoms with Crippen LogP contribution in [0.25, 0.3) is 0 Å². The molecule has 0 fully saturated rings. The number of esters is 1. The summed E-state index contributed by atoms with van der Waals surface area (Å²) in [6.45, 7) is 7.43. The Kier molecular flexibility index (Phi) is 8.04. The van der Waals surface area contributed by atoms with Gasteiger partial charge in [-0.1, -0.05) is 20.4 Å². The molecule has 1 atom stereocenters. The number of Topliss-reactive ketones (excluding diaryl/α,β-unsaturated/α-hetero) is 4. The maximum Gasteiger partial charge on any atom is 0.333 e. The summed E-state index contributed by atoms with van der Waals surface area (Å²) < 4.78 is 4.82. The van der Waals surface area contributed by atoms with Crippen LogP contribution in [0.3, 0.4) is 0 Å². The largest absolute Gasteiger partial charge is 0.462 e. The molecule has 0 saturated heterocycles. The van der Waals surface area contributed by atoms with Crippen LogP contribution in [-0.4, -0.2) is 35.7 Å². The van der Waals surface area contributed by atoms with Crippen LogP contribution in [0.2, 0.25) is 0 Å². The second kappa shape index (κ2) is 8.94. The maximum atomic E-state index is 11.9. The smallest absolute Gasteiger partial charge is 0.333 e. The Morgan fingerprint density at radius 1 is 0.952 bits per heavy atom. The summed E-state index contributed by atoms with van der Waals surface area (Å²) in [6.07, 6.45) is -0.423. The first-order chi connectivity index (χ1) is 9.74. The second-order valence-electron chi connectivity index (χ2n) is 4.62. The molecule has 0 aromatic heterocycles. The predicted molar refractivity (Wildman–Crippen MR) is 74.5 cm³/mol. The zero-order valence-electron chi connectivity index (χ0n) is 12.6. The van der Waals surface area contributed by atoms with E-state index in [1.807, 2.05) is 0 Å². The summed E-state index contributed by atoms with van der Waals surface area (Å²) in [5, 5.41) is 0. The summed E-state index contributed by atoms with van der Waals surface area (Å²) in [5.74, 6) is -4.67. The number of ketones is 4. The molecule has 0 aliphatic heterocycles. The fourth-order valence-electron chi connectivity index (χ4n) is 1.46. The minimum Gasteiger partial charge on any atom is -0.462 e. The van der Waals surface area contributed by atoms with Crippen molar-refractivity contribution in [2.24, 2.45) is 5.92 Å². The van der Waals surface area contributed by atoms with Gasteiger partial charge in [-0.15, -0.1) is 0 Å². The molecule has 0 aromatic carbocycles. The molecule has 0 spiro atoms. The monoisotopic (exact) mass is 296 g/mol. The third kappa shape index (κ3) is 6.25. The van der Waals surface area contributed by atoms with Gasteiger partial charge in [0.05, 0.1) is 5.92 Å². The van der Waals surface area contributed by atoms with Gasteiger partial charge in [-0.05, 0) is 6.92 Å². The van der Waals surface area contributed by atoms with E-state index in [9.17, 15) is 24.0 Å². The number of ether oxygens (including phenoxy) is 1.